The van der Waals surface area contributed by atoms with Crippen molar-refractivity contribution in [3.05, 3.63) is 58.3 Å². The summed E-state index contributed by atoms with van der Waals surface area (Å²) in [5.74, 6) is -0.409. The fourth-order valence-corrected chi connectivity index (χ4v) is 3.61. The van der Waals surface area contributed by atoms with Crippen molar-refractivity contribution in [2.24, 2.45) is 0 Å². The number of rotatable bonds is 4. The Hall–Kier alpha value is -1.44. The maximum atomic E-state index is 13.2. The van der Waals surface area contributed by atoms with Crippen LogP contribution in [0.3, 0.4) is 0 Å². The normalized spacial score (nSPS) is 13.1. The molecule has 1 atom stereocenters. The lowest BCUT2D eigenvalue weighted by atomic mass is 10.1. The van der Waals surface area contributed by atoms with Gasteiger partial charge in [0.05, 0.1) is 4.90 Å². The number of nitrogens with two attached hydrogens (primary N) is 1. The van der Waals surface area contributed by atoms with E-state index in [9.17, 15) is 12.8 Å². The van der Waals surface area contributed by atoms with E-state index < -0.39 is 21.9 Å². The first kappa shape index (κ1) is 15.9. The van der Waals surface area contributed by atoms with Crippen LogP contribution >= 0.6 is 15.9 Å². The SMILES string of the molecule is CC(NS(=O)(=O)c1ccc(N)c(Br)c1)c1cccc(F)c1. The Balaban J connectivity index is 2.26. The molecule has 2 rings (SSSR count). The zero-order valence-electron chi connectivity index (χ0n) is 11.2. The highest BCUT2D eigenvalue weighted by Crippen LogP contribution is 2.24. The minimum atomic E-state index is -3.72. The van der Waals surface area contributed by atoms with Gasteiger partial charge in [-0.3, -0.25) is 0 Å². The molecular weight excluding hydrogens is 359 g/mol. The highest BCUT2D eigenvalue weighted by atomic mass is 79.9. The van der Waals surface area contributed by atoms with E-state index in [2.05, 4.69) is 20.7 Å². The van der Waals surface area contributed by atoms with Gasteiger partial charge in [-0.2, -0.15) is 0 Å². The van der Waals surface area contributed by atoms with Crippen LogP contribution in [0.15, 0.2) is 51.8 Å². The number of benzene rings is 2. The fraction of sp³-hybridized carbons (Fsp3) is 0.143. The summed E-state index contributed by atoms with van der Waals surface area (Å²) in [5.41, 5.74) is 6.64. The van der Waals surface area contributed by atoms with Gasteiger partial charge >= 0.3 is 0 Å². The summed E-state index contributed by atoms with van der Waals surface area (Å²) in [6, 6.07) is 9.60. The molecule has 4 nitrogen and oxygen atoms in total. The molecule has 2 aromatic rings. The third-order valence-corrected chi connectivity index (χ3v) is 5.19. The first-order valence-corrected chi connectivity index (χ1v) is 8.40. The third-order valence-electron chi connectivity index (χ3n) is 2.96. The average Bonchev–Trinajstić information content (AvgIpc) is 2.41. The first-order valence-electron chi connectivity index (χ1n) is 6.12. The first-order chi connectivity index (χ1) is 9.79. The van der Waals surface area contributed by atoms with Gasteiger partial charge in [0, 0.05) is 16.2 Å². The average molecular weight is 373 g/mol. The number of nitrogens with one attached hydrogen (secondary N) is 1. The lowest BCUT2D eigenvalue weighted by molar-refractivity contribution is 0.564. The minimum absolute atomic E-state index is 0.0897. The van der Waals surface area contributed by atoms with Crippen molar-refractivity contribution in [3.63, 3.8) is 0 Å². The van der Waals surface area contributed by atoms with Crippen LogP contribution in [0.1, 0.15) is 18.5 Å². The Labute approximate surface area is 131 Å². The molecule has 0 fully saturated rings. The summed E-state index contributed by atoms with van der Waals surface area (Å²) in [4.78, 5) is 0.0897. The Morgan fingerprint density at radius 1 is 1.24 bits per heavy atom. The van der Waals surface area contributed by atoms with Crippen molar-refractivity contribution in [2.45, 2.75) is 17.9 Å². The van der Waals surface area contributed by atoms with Gasteiger partial charge in [0.25, 0.3) is 0 Å². The largest absolute Gasteiger partial charge is 0.398 e. The summed E-state index contributed by atoms with van der Waals surface area (Å²) in [5, 5.41) is 0. The van der Waals surface area contributed by atoms with Crippen molar-refractivity contribution in [1.29, 1.82) is 0 Å². The molecule has 0 aromatic heterocycles. The van der Waals surface area contributed by atoms with E-state index >= 15 is 0 Å². The van der Waals surface area contributed by atoms with Crippen molar-refractivity contribution in [2.75, 3.05) is 5.73 Å². The number of hydrogen-bond acceptors (Lipinski definition) is 3. The topological polar surface area (TPSA) is 72.2 Å². The number of halogens is 2. The Morgan fingerprint density at radius 2 is 1.95 bits per heavy atom. The molecule has 1 unspecified atom stereocenters. The molecule has 0 spiro atoms. The predicted molar refractivity (Wildman–Crippen MR) is 83.7 cm³/mol. The van der Waals surface area contributed by atoms with Crippen LogP contribution in [0.25, 0.3) is 0 Å². The summed E-state index contributed by atoms with van der Waals surface area (Å²) in [6.45, 7) is 1.65. The van der Waals surface area contributed by atoms with Gasteiger partial charge in [-0.15, -0.1) is 0 Å². The van der Waals surface area contributed by atoms with E-state index in [-0.39, 0.29) is 4.90 Å². The predicted octanol–water partition coefficient (Wildman–Crippen LogP) is 3.21. The molecule has 112 valence electrons. The molecular formula is C14H14BrFN2O2S. The number of hydrogen-bond donors (Lipinski definition) is 2. The molecule has 0 radical (unpaired) electrons. The van der Waals surface area contributed by atoms with E-state index in [4.69, 9.17) is 5.73 Å². The molecule has 3 N–H and O–H groups in total. The van der Waals surface area contributed by atoms with Crippen LogP contribution in [-0.4, -0.2) is 8.42 Å². The monoisotopic (exact) mass is 372 g/mol. The summed E-state index contributed by atoms with van der Waals surface area (Å²) in [6.07, 6.45) is 0. The molecule has 0 heterocycles. The van der Waals surface area contributed by atoms with E-state index in [0.29, 0.717) is 15.7 Å². The van der Waals surface area contributed by atoms with Crippen LogP contribution in [0.2, 0.25) is 0 Å². The van der Waals surface area contributed by atoms with Crippen molar-refractivity contribution >= 4 is 31.6 Å². The van der Waals surface area contributed by atoms with Gasteiger partial charge in [0.2, 0.25) is 10.0 Å². The third kappa shape index (κ3) is 3.81. The molecule has 0 saturated heterocycles. The second-order valence-electron chi connectivity index (χ2n) is 4.58. The van der Waals surface area contributed by atoms with Crippen LogP contribution in [0, 0.1) is 5.82 Å². The van der Waals surface area contributed by atoms with Gasteiger partial charge in [-0.05, 0) is 58.7 Å². The summed E-state index contributed by atoms with van der Waals surface area (Å²) < 4.78 is 40.8. The molecule has 0 bridgehead atoms. The van der Waals surface area contributed by atoms with Crippen LogP contribution in [0.5, 0.6) is 0 Å². The molecule has 0 aliphatic heterocycles. The number of nitrogen functional groups attached to an aromatic ring is 1. The van der Waals surface area contributed by atoms with Gasteiger partial charge in [-0.25, -0.2) is 17.5 Å². The molecule has 0 saturated carbocycles. The zero-order valence-corrected chi connectivity index (χ0v) is 13.6. The quantitative estimate of drug-likeness (QED) is 0.809. The number of anilines is 1. The standard InChI is InChI=1S/C14H14BrFN2O2S/c1-9(10-3-2-4-11(16)7-10)18-21(19,20)12-5-6-14(17)13(15)8-12/h2-9,18H,17H2,1H3. The zero-order chi connectivity index (χ0) is 15.6. The van der Waals surface area contributed by atoms with E-state index in [1.807, 2.05) is 0 Å². The van der Waals surface area contributed by atoms with Crippen LogP contribution < -0.4 is 10.5 Å². The maximum absolute atomic E-state index is 13.2. The van der Waals surface area contributed by atoms with E-state index in [0.717, 1.165) is 0 Å². The highest BCUT2D eigenvalue weighted by Gasteiger charge is 2.19. The van der Waals surface area contributed by atoms with Gasteiger partial charge in [0.15, 0.2) is 0 Å². The van der Waals surface area contributed by atoms with Gasteiger partial charge < -0.3 is 5.73 Å². The molecule has 7 heteroatoms. The summed E-state index contributed by atoms with van der Waals surface area (Å²) >= 11 is 3.19. The molecule has 21 heavy (non-hydrogen) atoms. The highest BCUT2D eigenvalue weighted by molar-refractivity contribution is 9.10. The Morgan fingerprint density at radius 3 is 2.57 bits per heavy atom. The van der Waals surface area contributed by atoms with Gasteiger partial charge in [-0.1, -0.05) is 12.1 Å². The minimum Gasteiger partial charge on any atom is -0.398 e. The second-order valence-corrected chi connectivity index (χ2v) is 7.15. The van der Waals surface area contributed by atoms with E-state index in [1.165, 1.54) is 36.4 Å². The lowest BCUT2D eigenvalue weighted by Gasteiger charge is -2.15. The number of sulfonamides is 1. The molecule has 0 aliphatic rings. The fourth-order valence-electron chi connectivity index (χ4n) is 1.82. The lowest BCUT2D eigenvalue weighted by Crippen LogP contribution is -2.27. The van der Waals surface area contributed by atoms with E-state index in [1.54, 1.807) is 13.0 Å². The summed E-state index contributed by atoms with van der Waals surface area (Å²) in [7, 11) is -3.72. The van der Waals surface area contributed by atoms with Crippen molar-refractivity contribution in [1.82, 2.24) is 4.72 Å². The second kappa shape index (κ2) is 6.13. The van der Waals surface area contributed by atoms with Crippen LogP contribution in [-0.2, 0) is 10.0 Å². The molecule has 0 amide bonds. The van der Waals surface area contributed by atoms with Crippen molar-refractivity contribution in [3.8, 4) is 0 Å². The van der Waals surface area contributed by atoms with Crippen molar-refractivity contribution < 1.29 is 12.8 Å². The Bertz CT molecular complexity index is 765. The molecule has 0 aliphatic carbocycles. The smallest absolute Gasteiger partial charge is 0.241 e. The van der Waals surface area contributed by atoms with Crippen LogP contribution in [0.4, 0.5) is 10.1 Å². The Kier molecular flexibility index (Phi) is 4.65. The molecule has 2 aromatic carbocycles. The van der Waals surface area contributed by atoms with Gasteiger partial charge in [0.1, 0.15) is 5.82 Å². The maximum Gasteiger partial charge on any atom is 0.241 e.